The lowest BCUT2D eigenvalue weighted by Crippen LogP contribution is -2.30. The minimum atomic E-state index is -0.564. The Labute approximate surface area is 422 Å². The fourth-order valence-electron chi connectivity index (χ4n) is 7.80. The number of allylic oxidation sites excluding steroid dienone is 16. The highest BCUT2D eigenvalue weighted by Gasteiger charge is 2.17. The van der Waals surface area contributed by atoms with Gasteiger partial charge in [-0.2, -0.15) is 0 Å². The number of unbranched alkanes of at least 4 members (excludes halogenated alkanes) is 25. The second kappa shape index (κ2) is 58.1. The predicted octanol–water partition coefficient (Wildman–Crippen LogP) is 19.8. The molecular formula is C63H108O5. The number of esters is 2. The van der Waals surface area contributed by atoms with E-state index in [-0.39, 0.29) is 25.2 Å². The van der Waals surface area contributed by atoms with E-state index in [1.165, 1.54) is 128 Å². The Hall–Kier alpha value is -3.18. The van der Waals surface area contributed by atoms with Crippen LogP contribution in [0.3, 0.4) is 0 Å². The van der Waals surface area contributed by atoms with Crippen molar-refractivity contribution in [1.29, 1.82) is 0 Å². The van der Waals surface area contributed by atoms with Gasteiger partial charge >= 0.3 is 11.9 Å². The molecule has 0 aliphatic carbocycles. The van der Waals surface area contributed by atoms with Crippen LogP contribution in [0.15, 0.2) is 97.2 Å². The summed E-state index contributed by atoms with van der Waals surface area (Å²) in [6.45, 7) is 7.62. The SMILES string of the molecule is CC/C=C\C/C=C\C/C=C\CCCCCC(=O)OC(COCCCCCCCCCCCC/C=C\C/C=C\CCCCC)COC(=O)CCCCCCCC/C=C\C/C=C\C/C=C\CCCCC. The molecular weight excluding hydrogens is 837 g/mol. The third-order valence-electron chi connectivity index (χ3n) is 12.1. The zero-order chi connectivity index (χ0) is 49.2. The quantitative estimate of drug-likeness (QED) is 0.0345. The van der Waals surface area contributed by atoms with Crippen LogP contribution < -0.4 is 0 Å². The molecule has 0 fully saturated rings. The van der Waals surface area contributed by atoms with Crippen molar-refractivity contribution in [2.75, 3.05) is 19.8 Å². The second-order valence-corrected chi connectivity index (χ2v) is 18.8. The van der Waals surface area contributed by atoms with Crippen molar-refractivity contribution < 1.29 is 23.8 Å². The van der Waals surface area contributed by atoms with Crippen molar-refractivity contribution in [3.8, 4) is 0 Å². The van der Waals surface area contributed by atoms with E-state index in [2.05, 4.69) is 118 Å². The van der Waals surface area contributed by atoms with Crippen LogP contribution in [0.4, 0.5) is 0 Å². The summed E-state index contributed by atoms with van der Waals surface area (Å²) in [7, 11) is 0. The largest absolute Gasteiger partial charge is 0.462 e. The molecule has 0 saturated carbocycles. The summed E-state index contributed by atoms with van der Waals surface area (Å²) in [5, 5.41) is 0. The number of carbonyl (C=O) groups is 2. The lowest BCUT2D eigenvalue weighted by atomic mass is 10.1. The molecule has 1 unspecified atom stereocenters. The molecule has 0 aliphatic heterocycles. The van der Waals surface area contributed by atoms with Gasteiger partial charge in [-0.3, -0.25) is 9.59 Å². The summed E-state index contributed by atoms with van der Waals surface area (Å²) >= 11 is 0. The zero-order valence-corrected chi connectivity index (χ0v) is 44.8. The summed E-state index contributed by atoms with van der Waals surface area (Å²) in [5.74, 6) is -0.446. The van der Waals surface area contributed by atoms with Crippen molar-refractivity contribution in [3.63, 3.8) is 0 Å². The van der Waals surface area contributed by atoms with Gasteiger partial charge in [0.25, 0.3) is 0 Å². The molecule has 0 heterocycles. The maximum Gasteiger partial charge on any atom is 0.306 e. The smallest absolute Gasteiger partial charge is 0.306 e. The lowest BCUT2D eigenvalue weighted by molar-refractivity contribution is -0.163. The molecule has 0 spiro atoms. The van der Waals surface area contributed by atoms with E-state index in [4.69, 9.17) is 14.2 Å². The van der Waals surface area contributed by atoms with Crippen molar-refractivity contribution in [2.24, 2.45) is 0 Å². The standard InChI is InChI=1S/C63H108O5/c1-4-7-10-13-16-19-22-25-27-29-31-33-35-37-40-43-46-49-52-55-58-66-59-61(68-63(65)57-54-51-48-45-42-38-24-21-18-15-12-9-6-3)60-67-62(64)56-53-50-47-44-41-39-36-34-32-30-28-26-23-20-17-14-11-8-5-2/h9,12,16-21,25-28,32,34,38,42,61H,4-8,10-11,13-15,22-24,29-31,33,35-37,39-41,43-60H2,1-3H3/b12-9-,19-16-,20-17-,21-18-,27-25-,28-26-,34-32-,42-38-. The molecule has 0 saturated heterocycles. The Morgan fingerprint density at radius 1 is 0.338 bits per heavy atom. The zero-order valence-electron chi connectivity index (χ0n) is 44.8. The first-order valence-electron chi connectivity index (χ1n) is 28.8. The van der Waals surface area contributed by atoms with Gasteiger partial charge in [0.15, 0.2) is 6.10 Å². The van der Waals surface area contributed by atoms with Gasteiger partial charge in [0, 0.05) is 19.4 Å². The van der Waals surface area contributed by atoms with Gasteiger partial charge in [-0.05, 0) is 122 Å². The maximum atomic E-state index is 12.8. The van der Waals surface area contributed by atoms with Crippen molar-refractivity contribution in [2.45, 2.75) is 271 Å². The molecule has 390 valence electrons. The van der Waals surface area contributed by atoms with Crippen LogP contribution in [0.1, 0.15) is 265 Å². The summed E-state index contributed by atoms with van der Waals surface area (Å²) < 4.78 is 17.4. The first-order valence-corrected chi connectivity index (χ1v) is 28.8. The molecule has 0 aliphatic rings. The van der Waals surface area contributed by atoms with Crippen LogP contribution in [0.5, 0.6) is 0 Å². The fraction of sp³-hybridized carbons (Fsp3) is 0.714. The molecule has 68 heavy (non-hydrogen) atoms. The van der Waals surface area contributed by atoms with Gasteiger partial charge in [0.2, 0.25) is 0 Å². The Morgan fingerprint density at radius 2 is 0.662 bits per heavy atom. The normalized spacial score (nSPS) is 12.9. The van der Waals surface area contributed by atoms with Crippen molar-refractivity contribution in [1.82, 2.24) is 0 Å². The molecule has 0 rings (SSSR count). The van der Waals surface area contributed by atoms with Crippen LogP contribution in [-0.2, 0) is 23.8 Å². The maximum absolute atomic E-state index is 12.8. The number of carbonyl (C=O) groups excluding carboxylic acids is 2. The third kappa shape index (κ3) is 55.4. The number of hydrogen-bond donors (Lipinski definition) is 0. The topological polar surface area (TPSA) is 61.8 Å². The Kier molecular flexibility index (Phi) is 55.4. The number of hydrogen-bond acceptors (Lipinski definition) is 5. The van der Waals surface area contributed by atoms with Crippen LogP contribution >= 0.6 is 0 Å². The molecule has 5 heteroatoms. The van der Waals surface area contributed by atoms with Gasteiger partial charge in [0.05, 0.1) is 6.61 Å². The molecule has 5 nitrogen and oxygen atoms in total. The summed E-state index contributed by atoms with van der Waals surface area (Å²) in [6, 6.07) is 0. The average molecular weight is 946 g/mol. The fourth-order valence-corrected chi connectivity index (χ4v) is 7.80. The van der Waals surface area contributed by atoms with Gasteiger partial charge in [-0.15, -0.1) is 0 Å². The highest BCUT2D eigenvalue weighted by atomic mass is 16.6. The van der Waals surface area contributed by atoms with Crippen LogP contribution in [0.2, 0.25) is 0 Å². The van der Waals surface area contributed by atoms with Gasteiger partial charge in [0.1, 0.15) is 6.61 Å². The van der Waals surface area contributed by atoms with Crippen LogP contribution in [0.25, 0.3) is 0 Å². The Morgan fingerprint density at radius 3 is 1.07 bits per heavy atom. The summed E-state index contributed by atoms with van der Waals surface area (Å²) in [6.07, 6.45) is 78.6. The highest BCUT2D eigenvalue weighted by Crippen LogP contribution is 2.14. The molecule has 0 N–H and O–H groups in total. The summed E-state index contributed by atoms with van der Waals surface area (Å²) in [4.78, 5) is 25.5. The van der Waals surface area contributed by atoms with E-state index in [9.17, 15) is 9.59 Å². The van der Waals surface area contributed by atoms with Crippen LogP contribution in [0, 0.1) is 0 Å². The van der Waals surface area contributed by atoms with Crippen molar-refractivity contribution in [3.05, 3.63) is 97.2 Å². The molecule has 0 amide bonds. The van der Waals surface area contributed by atoms with E-state index in [0.717, 1.165) is 103 Å². The number of rotatable bonds is 52. The van der Waals surface area contributed by atoms with Gasteiger partial charge < -0.3 is 14.2 Å². The molecule has 0 aromatic carbocycles. The van der Waals surface area contributed by atoms with Gasteiger partial charge in [-0.1, -0.05) is 227 Å². The van der Waals surface area contributed by atoms with E-state index in [0.29, 0.717) is 19.4 Å². The average Bonchev–Trinajstić information content (AvgIpc) is 3.34. The van der Waals surface area contributed by atoms with E-state index < -0.39 is 6.10 Å². The molecule has 0 aromatic rings. The van der Waals surface area contributed by atoms with Gasteiger partial charge in [-0.25, -0.2) is 0 Å². The highest BCUT2D eigenvalue weighted by molar-refractivity contribution is 5.70. The van der Waals surface area contributed by atoms with Crippen LogP contribution in [-0.4, -0.2) is 37.9 Å². The van der Waals surface area contributed by atoms with E-state index >= 15 is 0 Å². The third-order valence-corrected chi connectivity index (χ3v) is 12.1. The second-order valence-electron chi connectivity index (χ2n) is 18.8. The minimum absolute atomic E-state index is 0.0612. The summed E-state index contributed by atoms with van der Waals surface area (Å²) in [5.41, 5.74) is 0. The van der Waals surface area contributed by atoms with E-state index in [1.54, 1.807) is 0 Å². The number of ether oxygens (including phenoxy) is 3. The predicted molar refractivity (Wildman–Crippen MR) is 297 cm³/mol. The first-order chi connectivity index (χ1) is 33.6. The van der Waals surface area contributed by atoms with E-state index in [1.807, 2.05) is 0 Å². The lowest BCUT2D eigenvalue weighted by Gasteiger charge is -2.18. The minimum Gasteiger partial charge on any atom is -0.462 e. The Balaban J connectivity index is 4.30. The molecule has 0 bridgehead atoms. The Bertz CT molecular complexity index is 1300. The monoisotopic (exact) mass is 945 g/mol. The molecule has 1 atom stereocenters. The first kappa shape index (κ1) is 64.8. The molecule has 0 radical (unpaired) electrons. The van der Waals surface area contributed by atoms with Crippen molar-refractivity contribution >= 4 is 11.9 Å². The molecule has 0 aromatic heterocycles.